The number of aliphatic imine (C=N–C) groups is 1. The van der Waals surface area contributed by atoms with Crippen LogP contribution in [0.1, 0.15) is 22.9 Å². The molecule has 2 heterocycles. The number of carbonyl (C=O) groups is 1. The van der Waals surface area contributed by atoms with Gasteiger partial charge in [-0.05, 0) is 38.1 Å². The minimum atomic E-state index is -0.394. The SMILES string of the molecule is CC1=Nc2ccccc2C1=Cc1sc(=O)n(CC(=O)Nc2ccc(C)cc2)c1O. The highest BCUT2D eigenvalue weighted by molar-refractivity contribution is 7.10. The van der Waals surface area contributed by atoms with Gasteiger partial charge in [0, 0.05) is 22.5 Å². The van der Waals surface area contributed by atoms with Crippen molar-refractivity contribution in [3.63, 3.8) is 0 Å². The summed E-state index contributed by atoms with van der Waals surface area (Å²) < 4.78 is 1.08. The Morgan fingerprint density at radius 3 is 2.66 bits per heavy atom. The zero-order valence-electron chi connectivity index (χ0n) is 16.0. The molecule has 2 N–H and O–H groups in total. The lowest BCUT2D eigenvalue weighted by Gasteiger charge is -2.07. The first kappa shape index (κ1) is 18.9. The summed E-state index contributed by atoms with van der Waals surface area (Å²) in [5.74, 6) is -0.601. The van der Waals surface area contributed by atoms with Crippen molar-refractivity contribution < 1.29 is 9.90 Å². The second-order valence-corrected chi connectivity index (χ2v) is 7.82. The van der Waals surface area contributed by atoms with Gasteiger partial charge in [0.05, 0.1) is 10.6 Å². The van der Waals surface area contributed by atoms with Crippen LogP contribution in [0.4, 0.5) is 11.4 Å². The minimum absolute atomic E-state index is 0.219. The van der Waals surface area contributed by atoms with Crippen molar-refractivity contribution in [3.8, 4) is 5.88 Å². The Hall–Kier alpha value is -3.45. The Labute approximate surface area is 171 Å². The summed E-state index contributed by atoms with van der Waals surface area (Å²) in [7, 11) is 0. The second-order valence-electron chi connectivity index (χ2n) is 6.83. The lowest BCUT2D eigenvalue weighted by molar-refractivity contribution is -0.116. The van der Waals surface area contributed by atoms with Gasteiger partial charge < -0.3 is 10.4 Å². The Balaban J connectivity index is 1.59. The van der Waals surface area contributed by atoms with Crippen molar-refractivity contribution in [1.29, 1.82) is 0 Å². The number of rotatable bonds is 4. The van der Waals surface area contributed by atoms with Gasteiger partial charge in [-0.2, -0.15) is 0 Å². The number of carbonyl (C=O) groups excluding carboxylic acids is 1. The van der Waals surface area contributed by atoms with Crippen LogP contribution >= 0.6 is 11.3 Å². The predicted octanol–water partition coefficient (Wildman–Crippen LogP) is 4.21. The number of amides is 1. The molecule has 1 amide bonds. The summed E-state index contributed by atoms with van der Waals surface area (Å²) >= 11 is 0.901. The molecule has 0 bridgehead atoms. The maximum absolute atomic E-state index is 12.4. The molecule has 7 heteroatoms. The molecule has 1 aromatic heterocycles. The maximum atomic E-state index is 12.4. The Morgan fingerprint density at radius 1 is 1.17 bits per heavy atom. The van der Waals surface area contributed by atoms with Gasteiger partial charge in [0.2, 0.25) is 11.8 Å². The number of hydrogen-bond acceptors (Lipinski definition) is 5. The number of fused-ring (bicyclic) bond motifs is 1. The molecule has 0 fully saturated rings. The molecule has 0 atom stereocenters. The lowest BCUT2D eigenvalue weighted by Crippen LogP contribution is -2.24. The highest BCUT2D eigenvalue weighted by Gasteiger charge is 2.20. The van der Waals surface area contributed by atoms with E-state index >= 15 is 0 Å². The number of allylic oxidation sites excluding steroid dienone is 1. The van der Waals surface area contributed by atoms with E-state index in [1.807, 2.05) is 50.2 Å². The molecule has 3 aromatic rings. The number of hydrogen-bond donors (Lipinski definition) is 2. The third-order valence-electron chi connectivity index (χ3n) is 4.68. The quantitative estimate of drug-likeness (QED) is 0.682. The van der Waals surface area contributed by atoms with E-state index in [2.05, 4.69) is 10.3 Å². The van der Waals surface area contributed by atoms with Crippen molar-refractivity contribution in [1.82, 2.24) is 4.57 Å². The summed E-state index contributed by atoms with van der Waals surface area (Å²) in [4.78, 5) is 29.2. The van der Waals surface area contributed by atoms with Gasteiger partial charge in [0.25, 0.3) is 0 Å². The van der Waals surface area contributed by atoms with E-state index in [-0.39, 0.29) is 18.3 Å². The van der Waals surface area contributed by atoms with Gasteiger partial charge in [-0.3, -0.25) is 19.1 Å². The van der Waals surface area contributed by atoms with Crippen LogP contribution in [0.3, 0.4) is 0 Å². The minimum Gasteiger partial charge on any atom is -0.493 e. The van der Waals surface area contributed by atoms with E-state index in [1.54, 1.807) is 18.2 Å². The Morgan fingerprint density at radius 2 is 1.90 bits per heavy atom. The van der Waals surface area contributed by atoms with Crippen LogP contribution in [0.2, 0.25) is 0 Å². The molecule has 0 unspecified atom stereocenters. The zero-order chi connectivity index (χ0) is 20.5. The summed E-state index contributed by atoms with van der Waals surface area (Å²) in [6, 6.07) is 15.1. The number of nitrogens with zero attached hydrogens (tertiary/aromatic N) is 2. The molecular weight excluding hydrogens is 386 g/mol. The average molecular weight is 405 g/mol. The van der Waals surface area contributed by atoms with Gasteiger partial charge in [-0.1, -0.05) is 47.2 Å². The summed E-state index contributed by atoms with van der Waals surface area (Å²) in [6.45, 7) is 3.58. The van der Waals surface area contributed by atoms with E-state index < -0.39 is 4.87 Å². The topological polar surface area (TPSA) is 83.7 Å². The van der Waals surface area contributed by atoms with E-state index in [0.29, 0.717) is 10.6 Å². The fourth-order valence-electron chi connectivity index (χ4n) is 3.18. The molecule has 2 aromatic carbocycles. The largest absolute Gasteiger partial charge is 0.493 e. The highest BCUT2D eigenvalue weighted by Crippen LogP contribution is 2.37. The zero-order valence-corrected chi connectivity index (χ0v) is 16.8. The van der Waals surface area contributed by atoms with Gasteiger partial charge in [0.1, 0.15) is 6.54 Å². The molecule has 29 heavy (non-hydrogen) atoms. The summed E-state index contributed by atoms with van der Waals surface area (Å²) in [6.07, 6.45) is 1.75. The van der Waals surface area contributed by atoms with Crippen LogP contribution in [0.5, 0.6) is 5.88 Å². The number of aromatic hydroxyl groups is 1. The Bertz CT molecular complexity index is 1220. The number of thiazole rings is 1. The summed E-state index contributed by atoms with van der Waals surface area (Å²) in [5.41, 5.74) is 5.21. The number of aromatic nitrogens is 1. The van der Waals surface area contributed by atoms with Crippen LogP contribution in [-0.2, 0) is 11.3 Å². The molecule has 1 aliphatic rings. The van der Waals surface area contributed by atoms with Crippen molar-refractivity contribution in [2.75, 3.05) is 5.32 Å². The third-order valence-corrected chi connectivity index (χ3v) is 5.59. The molecule has 0 saturated heterocycles. The standard InChI is InChI=1S/C22H19N3O3S/c1-13-7-9-15(10-8-13)24-20(26)12-25-21(27)19(29-22(25)28)11-17-14(2)23-18-6-4-3-5-16(17)18/h3-11,27H,12H2,1-2H3,(H,24,26). The first-order valence-electron chi connectivity index (χ1n) is 9.08. The number of anilines is 1. The van der Waals surface area contributed by atoms with Crippen molar-refractivity contribution >= 4 is 46.0 Å². The molecule has 1 aliphatic heterocycles. The van der Waals surface area contributed by atoms with Crippen molar-refractivity contribution in [2.24, 2.45) is 4.99 Å². The molecule has 4 rings (SSSR count). The predicted molar refractivity (Wildman–Crippen MR) is 117 cm³/mol. The first-order valence-corrected chi connectivity index (χ1v) is 9.90. The Kier molecular flexibility index (Phi) is 4.90. The lowest BCUT2D eigenvalue weighted by atomic mass is 10.0. The number of benzene rings is 2. The third kappa shape index (κ3) is 3.77. The molecule has 0 saturated carbocycles. The van der Waals surface area contributed by atoms with E-state index in [1.165, 1.54) is 0 Å². The van der Waals surface area contributed by atoms with Crippen LogP contribution in [-0.4, -0.2) is 21.3 Å². The fourth-order valence-corrected chi connectivity index (χ4v) is 4.00. The monoisotopic (exact) mass is 405 g/mol. The van der Waals surface area contributed by atoms with E-state index in [4.69, 9.17) is 0 Å². The molecule has 0 spiro atoms. The van der Waals surface area contributed by atoms with Crippen LogP contribution in [0.15, 0.2) is 58.3 Å². The number of para-hydroxylation sites is 1. The fraction of sp³-hybridized carbons (Fsp3) is 0.136. The molecule has 146 valence electrons. The molecular formula is C22H19N3O3S. The van der Waals surface area contributed by atoms with Crippen LogP contribution in [0, 0.1) is 6.92 Å². The van der Waals surface area contributed by atoms with Gasteiger partial charge >= 0.3 is 4.87 Å². The van der Waals surface area contributed by atoms with Crippen molar-refractivity contribution in [2.45, 2.75) is 20.4 Å². The van der Waals surface area contributed by atoms with Gasteiger partial charge in [0.15, 0.2) is 0 Å². The molecule has 0 radical (unpaired) electrons. The first-order chi connectivity index (χ1) is 13.9. The number of aryl methyl sites for hydroxylation is 1. The second kappa shape index (κ2) is 7.52. The van der Waals surface area contributed by atoms with E-state index in [9.17, 15) is 14.7 Å². The van der Waals surface area contributed by atoms with Crippen molar-refractivity contribution in [3.05, 3.63) is 74.2 Å². The van der Waals surface area contributed by atoms with Gasteiger partial charge in [-0.25, -0.2) is 0 Å². The number of nitrogens with one attached hydrogen (secondary N) is 1. The van der Waals surface area contributed by atoms with E-state index in [0.717, 1.165) is 44.0 Å². The van der Waals surface area contributed by atoms with Gasteiger partial charge in [-0.15, -0.1) is 0 Å². The molecule has 0 aliphatic carbocycles. The van der Waals surface area contributed by atoms with Crippen LogP contribution < -0.4 is 10.2 Å². The molecule has 6 nitrogen and oxygen atoms in total. The van der Waals surface area contributed by atoms with Crippen LogP contribution in [0.25, 0.3) is 11.6 Å². The smallest absolute Gasteiger partial charge is 0.311 e. The normalized spacial score (nSPS) is 14.0. The summed E-state index contributed by atoms with van der Waals surface area (Å²) in [5, 5.41) is 13.3. The highest BCUT2D eigenvalue weighted by atomic mass is 32.1. The maximum Gasteiger partial charge on any atom is 0.311 e. The average Bonchev–Trinajstić information content (AvgIpc) is 3.15.